The monoisotopic (exact) mass is 575 g/mol. The smallest absolute Gasteiger partial charge is 2.00 e. The molecule has 0 unspecified atom stereocenters. The zero-order valence-electron chi connectivity index (χ0n) is 3.33. The fraction of sp³-hybridized carbons (Fsp3) is 0. The van der Waals surface area contributed by atoms with Gasteiger partial charge in [0.05, 0.1) is 0 Å². The van der Waals surface area contributed by atoms with E-state index in [0.717, 1.165) is 0 Å². The van der Waals surface area contributed by atoms with E-state index in [-0.39, 0.29) is 168 Å². The summed E-state index contributed by atoms with van der Waals surface area (Å²) in [5, 5.41) is 0. The van der Waals surface area contributed by atoms with E-state index in [9.17, 15) is 0 Å². The Labute approximate surface area is 163 Å². The summed E-state index contributed by atoms with van der Waals surface area (Å²) in [5.41, 5.74) is 0. The Balaban J connectivity index is 0. The van der Waals surface area contributed by atoms with Crippen LogP contribution in [-0.2, 0) is 80.8 Å². The third-order valence-electron chi connectivity index (χ3n) is 0. The second kappa shape index (κ2) is 60.9. The molecule has 0 atom stereocenters. The van der Waals surface area contributed by atoms with Gasteiger partial charge in [-0.05, 0) is 0 Å². The van der Waals surface area contributed by atoms with Crippen LogP contribution in [-0.4, -0.2) is 0 Å². The van der Waals surface area contributed by atoms with Gasteiger partial charge >= 0.3 is 146 Å². The molecule has 2 radical (unpaired) electrons. The van der Waals surface area contributed by atoms with Crippen molar-refractivity contribution in [2.24, 2.45) is 0 Å². The minimum atomic E-state index is 0. The van der Waals surface area contributed by atoms with Gasteiger partial charge in [0.15, 0.2) is 0 Å². The molecule has 0 N–H and O–H groups in total. The molecule has 0 aliphatic heterocycles. The zero-order chi connectivity index (χ0) is 0. The van der Waals surface area contributed by atoms with Crippen LogP contribution in [0.25, 0.3) is 0 Å². The number of rotatable bonds is 0. The largest absolute Gasteiger partial charge is 4.00 e. The predicted octanol–water partition coefficient (Wildman–Crippen LogP) is -0.480. The van der Waals surface area contributed by atoms with Crippen LogP contribution in [0.15, 0.2) is 0 Å². The molecule has 0 rings (SSSR count). The van der Waals surface area contributed by atoms with Crippen LogP contribution in [0.2, 0.25) is 0 Å². The molecule has 8 heteroatoms. The van der Waals surface area contributed by atoms with E-state index in [1.54, 1.807) is 0 Å². The first-order valence-corrected chi connectivity index (χ1v) is 0. The molecule has 0 aliphatic carbocycles. The second-order valence-corrected chi connectivity index (χ2v) is 0. The summed E-state index contributed by atoms with van der Waals surface area (Å²) >= 11 is 0. The summed E-state index contributed by atoms with van der Waals surface area (Å²) in [4.78, 5) is 0. The molecular weight excluding hydrogens is 574 g/mol. The van der Waals surface area contributed by atoms with Crippen LogP contribution in [0.5, 0.6) is 0 Å². The van der Waals surface area contributed by atoms with Gasteiger partial charge in [-0.3, -0.25) is 0 Å². The van der Waals surface area contributed by atoms with Gasteiger partial charge in [-0.2, -0.15) is 0 Å². The fourth-order valence-electron chi connectivity index (χ4n) is 0. The standard InChI is InChI=1S/Gd.4O.Y.Yb.Zr/q+3;4*-2;2*+3;+4. The van der Waals surface area contributed by atoms with Gasteiger partial charge in [-0.1, -0.05) is 0 Å². The van der Waals surface area contributed by atoms with Gasteiger partial charge in [0, 0.05) is 0 Å². The molecular formula is GdO4YYbZr+5. The summed E-state index contributed by atoms with van der Waals surface area (Å²) in [7, 11) is 0. The molecule has 0 aromatic heterocycles. The molecule has 0 aromatic rings. The van der Waals surface area contributed by atoms with Crippen LogP contribution >= 0.6 is 0 Å². The maximum atomic E-state index is 0. The number of hydrogen-bond donors (Lipinski definition) is 0. The molecule has 0 spiro atoms. The van der Waals surface area contributed by atoms with Gasteiger partial charge in [-0.15, -0.1) is 0 Å². The van der Waals surface area contributed by atoms with Crippen molar-refractivity contribution in [2.75, 3.05) is 0 Å². The van der Waals surface area contributed by atoms with Gasteiger partial charge in [-0.25, -0.2) is 0 Å². The van der Waals surface area contributed by atoms with Gasteiger partial charge < -0.3 is 21.9 Å². The van der Waals surface area contributed by atoms with Crippen LogP contribution in [0.3, 0.4) is 0 Å². The SMILES string of the molecule is [Gd+3].[O-2].[O-2].[O-2].[O-2].[Y+3].[Yb+3].[Zr+4]. The summed E-state index contributed by atoms with van der Waals surface area (Å²) in [6.45, 7) is 0. The fourth-order valence-corrected chi connectivity index (χ4v) is 0. The molecule has 48 valence electrons. The van der Waals surface area contributed by atoms with Crippen molar-refractivity contribution in [3.63, 3.8) is 0 Å². The van der Waals surface area contributed by atoms with E-state index in [0.29, 0.717) is 0 Å². The Morgan fingerprint density at radius 3 is 0.625 bits per heavy atom. The Kier molecular flexibility index (Phi) is 602. The molecule has 0 fully saturated rings. The normalized spacial score (nSPS) is 0. The van der Waals surface area contributed by atoms with Crippen LogP contribution in [0.1, 0.15) is 0 Å². The van der Waals surface area contributed by atoms with Crippen LogP contribution in [0, 0.1) is 86.9 Å². The molecule has 0 heterocycles. The topological polar surface area (TPSA) is 114 Å². The van der Waals surface area contributed by atoms with Gasteiger partial charge in [0.2, 0.25) is 0 Å². The van der Waals surface area contributed by atoms with Crippen molar-refractivity contribution in [3.8, 4) is 0 Å². The third-order valence-corrected chi connectivity index (χ3v) is 0. The van der Waals surface area contributed by atoms with Crippen molar-refractivity contribution in [1.82, 2.24) is 0 Å². The van der Waals surface area contributed by atoms with E-state index in [4.69, 9.17) is 0 Å². The van der Waals surface area contributed by atoms with Crippen LogP contribution in [0.4, 0.5) is 0 Å². The first-order chi connectivity index (χ1) is 0. The average molecular weight is 574 g/mol. The molecule has 0 amide bonds. The summed E-state index contributed by atoms with van der Waals surface area (Å²) in [6.07, 6.45) is 0. The van der Waals surface area contributed by atoms with E-state index in [2.05, 4.69) is 0 Å². The van der Waals surface area contributed by atoms with E-state index < -0.39 is 0 Å². The second-order valence-electron chi connectivity index (χ2n) is 0. The Bertz CT molecular complexity index is 16.0. The minimum absolute atomic E-state index is 0. The number of hydrogen-bond acceptors (Lipinski definition) is 0. The van der Waals surface area contributed by atoms with Crippen molar-refractivity contribution in [3.05, 3.63) is 0 Å². The summed E-state index contributed by atoms with van der Waals surface area (Å²) in [5.74, 6) is 0. The summed E-state index contributed by atoms with van der Waals surface area (Å²) in [6, 6.07) is 0. The molecule has 0 saturated carbocycles. The minimum Gasteiger partial charge on any atom is -2.00 e. The van der Waals surface area contributed by atoms with Crippen molar-refractivity contribution < 1.29 is 168 Å². The van der Waals surface area contributed by atoms with Gasteiger partial charge in [0.25, 0.3) is 0 Å². The van der Waals surface area contributed by atoms with E-state index >= 15 is 0 Å². The molecule has 8 heavy (non-hydrogen) atoms. The Morgan fingerprint density at radius 1 is 0.625 bits per heavy atom. The quantitative estimate of drug-likeness (QED) is 0.372. The summed E-state index contributed by atoms with van der Waals surface area (Å²) < 4.78 is 0. The van der Waals surface area contributed by atoms with Crippen molar-refractivity contribution in [1.29, 1.82) is 0 Å². The van der Waals surface area contributed by atoms with E-state index in [1.807, 2.05) is 0 Å². The maximum absolute atomic E-state index is 0. The first-order valence-electron chi connectivity index (χ1n) is 0. The average Bonchev–Trinajstić information content (AvgIpc) is 0. The van der Waals surface area contributed by atoms with E-state index in [1.165, 1.54) is 0 Å². The van der Waals surface area contributed by atoms with Crippen molar-refractivity contribution >= 4 is 0 Å². The third kappa shape index (κ3) is 45.7. The van der Waals surface area contributed by atoms with Gasteiger partial charge in [0.1, 0.15) is 0 Å². The Morgan fingerprint density at radius 2 is 0.625 bits per heavy atom. The molecule has 4 nitrogen and oxygen atoms in total. The van der Waals surface area contributed by atoms with Crippen LogP contribution < -0.4 is 0 Å². The first kappa shape index (κ1) is 79.1. The molecule has 0 bridgehead atoms. The Hall–Kier alpha value is 4.67. The maximum Gasteiger partial charge on any atom is 4.00 e. The molecule has 0 aliphatic rings. The molecule has 0 saturated heterocycles. The predicted molar refractivity (Wildman–Crippen MR) is 2.75 cm³/mol. The van der Waals surface area contributed by atoms with Crippen molar-refractivity contribution in [2.45, 2.75) is 0 Å². The molecule has 0 aromatic carbocycles. The zero-order valence-corrected chi connectivity index (χ0v) is 12.6.